The summed E-state index contributed by atoms with van der Waals surface area (Å²) in [7, 11) is 1.39. The molecule has 0 radical (unpaired) electrons. The first kappa shape index (κ1) is 28.1. The van der Waals surface area contributed by atoms with Crippen LogP contribution in [0.2, 0.25) is 5.15 Å². The van der Waals surface area contributed by atoms with Crippen LogP contribution in [0.3, 0.4) is 0 Å². The van der Waals surface area contributed by atoms with E-state index in [1.807, 2.05) is 30.5 Å². The number of esters is 1. The van der Waals surface area contributed by atoms with Crippen LogP contribution in [0.25, 0.3) is 0 Å². The van der Waals surface area contributed by atoms with Gasteiger partial charge in [-0.1, -0.05) is 72.3 Å². The Morgan fingerprint density at radius 3 is 2.37 bits per heavy atom. The van der Waals surface area contributed by atoms with Gasteiger partial charge in [0.15, 0.2) is 0 Å². The zero-order chi connectivity index (χ0) is 30.0. The molecule has 220 valence electrons. The Hall–Kier alpha value is -3.68. The van der Waals surface area contributed by atoms with Gasteiger partial charge in [0.05, 0.1) is 18.2 Å². The third kappa shape index (κ3) is 4.47. The molecule has 4 aliphatic rings. The third-order valence-electron chi connectivity index (χ3n) is 10.1. The van der Waals surface area contributed by atoms with E-state index < -0.39 is 11.7 Å². The van der Waals surface area contributed by atoms with E-state index in [2.05, 4.69) is 46.3 Å². The molecule has 0 amide bonds. The van der Waals surface area contributed by atoms with Crippen molar-refractivity contribution in [3.63, 3.8) is 0 Å². The van der Waals surface area contributed by atoms with E-state index in [1.54, 1.807) is 18.2 Å². The minimum atomic E-state index is -4.37. The zero-order valence-corrected chi connectivity index (χ0v) is 24.3. The van der Waals surface area contributed by atoms with Crippen molar-refractivity contribution < 1.29 is 22.7 Å². The van der Waals surface area contributed by atoms with E-state index in [0.29, 0.717) is 17.3 Å². The largest absolute Gasteiger partial charge is 0.465 e. The lowest BCUT2D eigenvalue weighted by Gasteiger charge is -2.53. The first-order valence-electron chi connectivity index (χ1n) is 14.4. The van der Waals surface area contributed by atoms with E-state index >= 15 is 0 Å². The number of halogens is 4. The van der Waals surface area contributed by atoms with Crippen LogP contribution >= 0.6 is 11.6 Å². The van der Waals surface area contributed by atoms with Crippen LogP contribution in [0.5, 0.6) is 0 Å². The van der Waals surface area contributed by atoms with Crippen LogP contribution in [0.1, 0.15) is 63.0 Å². The first-order chi connectivity index (χ1) is 20.6. The van der Waals surface area contributed by atoms with Gasteiger partial charge in [0.2, 0.25) is 0 Å². The van der Waals surface area contributed by atoms with Crippen molar-refractivity contribution in [1.29, 1.82) is 0 Å². The highest BCUT2D eigenvalue weighted by Gasteiger charge is 2.77. The van der Waals surface area contributed by atoms with Gasteiger partial charge in [-0.05, 0) is 82.7 Å². The standard InChI is InChI=1S/C35H30ClF3N2O2/c1-43-32(42)24-8-5-9-27(16-24)33-20-34(21-33)28(30(33)25-12-15-29(36)40-17-25)19-41(31(34)23-6-3-2-4-7-23)18-22-10-13-26(14-11-22)35(37,38)39/h2-17,28,30-31H,18-21H2,1H3/t28-,30?,31-,33?,34?/m1/s1. The van der Waals surface area contributed by atoms with Crippen LogP contribution in [0.15, 0.2) is 97.2 Å². The van der Waals surface area contributed by atoms with Crippen LogP contribution < -0.4 is 0 Å². The summed E-state index contributed by atoms with van der Waals surface area (Å²) in [6.45, 7) is 1.33. The van der Waals surface area contributed by atoms with Gasteiger partial charge in [0.25, 0.3) is 0 Å². The summed E-state index contributed by atoms with van der Waals surface area (Å²) in [5, 5.41) is 0.433. The molecule has 3 aliphatic carbocycles. The number of likely N-dealkylation sites (tertiary alicyclic amines) is 1. The second kappa shape index (κ2) is 10.2. The fourth-order valence-corrected chi connectivity index (χ4v) is 8.79. The smallest absolute Gasteiger partial charge is 0.416 e. The molecule has 3 aromatic carbocycles. The Morgan fingerprint density at radius 2 is 1.72 bits per heavy atom. The summed E-state index contributed by atoms with van der Waals surface area (Å²) < 4.78 is 44.8. The lowest BCUT2D eigenvalue weighted by molar-refractivity contribution is -0.137. The minimum absolute atomic E-state index is 0.0567. The summed E-state index contributed by atoms with van der Waals surface area (Å²) in [5.41, 5.74) is 3.94. The summed E-state index contributed by atoms with van der Waals surface area (Å²) in [5.74, 6) is 0.0194. The number of carbonyl (C=O) groups excluding carboxylic acids is 1. The monoisotopic (exact) mass is 602 g/mol. The van der Waals surface area contributed by atoms with Crippen molar-refractivity contribution in [2.45, 2.75) is 42.9 Å². The second-order valence-electron chi connectivity index (χ2n) is 12.3. The molecule has 1 unspecified atom stereocenters. The fourth-order valence-electron chi connectivity index (χ4n) is 8.67. The summed E-state index contributed by atoms with van der Waals surface area (Å²) in [6.07, 6.45) is -0.643. The summed E-state index contributed by atoms with van der Waals surface area (Å²) in [4.78, 5) is 19.4. The number of alkyl halides is 3. The van der Waals surface area contributed by atoms with Crippen molar-refractivity contribution in [2.75, 3.05) is 13.7 Å². The van der Waals surface area contributed by atoms with E-state index in [9.17, 15) is 18.0 Å². The number of pyridine rings is 1. The fraction of sp³-hybridized carbons (Fsp3) is 0.314. The molecular weight excluding hydrogens is 573 g/mol. The third-order valence-corrected chi connectivity index (χ3v) is 10.3. The minimum Gasteiger partial charge on any atom is -0.465 e. The van der Waals surface area contributed by atoms with Crippen molar-refractivity contribution in [3.05, 3.63) is 136 Å². The van der Waals surface area contributed by atoms with E-state index in [-0.39, 0.29) is 34.7 Å². The maximum absolute atomic E-state index is 13.3. The van der Waals surface area contributed by atoms with Crippen LogP contribution in [-0.4, -0.2) is 29.5 Å². The molecule has 1 aliphatic heterocycles. The lowest BCUT2D eigenvalue weighted by atomic mass is 9.52. The molecule has 4 nitrogen and oxygen atoms in total. The van der Waals surface area contributed by atoms with Gasteiger partial charge in [0, 0.05) is 30.7 Å². The van der Waals surface area contributed by atoms with Crippen LogP contribution in [-0.2, 0) is 22.9 Å². The lowest BCUT2D eigenvalue weighted by Crippen LogP contribution is -2.47. The molecule has 2 bridgehead atoms. The first-order valence-corrected chi connectivity index (χ1v) is 14.8. The number of ether oxygens (including phenoxy) is 1. The van der Waals surface area contributed by atoms with Gasteiger partial charge < -0.3 is 4.74 Å². The SMILES string of the molecule is COC(=O)c1cccc(C23CC4(C2)[C@H](CN(Cc2ccc(C(F)(F)F)cc2)[C@@H]4c2ccccc2)C3c2ccc(Cl)nc2)c1. The number of nitrogens with zero attached hydrogens (tertiary/aromatic N) is 2. The average Bonchev–Trinajstić information content (AvgIpc) is 3.56. The Morgan fingerprint density at radius 1 is 0.977 bits per heavy atom. The number of carbonyl (C=O) groups is 1. The van der Waals surface area contributed by atoms with Crippen molar-refractivity contribution in [2.24, 2.45) is 11.3 Å². The molecule has 3 saturated carbocycles. The molecule has 8 rings (SSSR count). The van der Waals surface area contributed by atoms with Crippen LogP contribution in [0.4, 0.5) is 13.2 Å². The Bertz CT molecular complexity index is 1650. The highest BCUT2D eigenvalue weighted by atomic mass is 35.5. The second-order valence-corrected chi connectivity index (χ2v) is 12.6. The molecular formula is C35H30ClF3N2O2. The van der Waals surface area contributed by atoms with Crippen molar-refractivity contribution in [1.82, 2.24) is 9.88 Å². The van der Waals surface area contributed by atoms with Crippen LogP contribution in [0, 0.1) is 11.3 Å². The molecule has 1 aromatic heterocycles. The molecule has 4 aromatic rings. The number of benzene rings is 3. The molecule has 43 heavy (non-hydrogen) atoms. The molecule has 1 saturated heterocycles. The summed E-state index contributed by atoms with van der Waals surface area (Å²) >= 11 is 6.21. The Kier molecular flexibility index (Phi) is 6.67. The molecule has 0 N–H and O–H groups in total. The zero-order valence-electron chi connectivity index (χ0n) is 23.5. The van der Waals surface area contributed by atoms with E-state index in [1.165, 1.54) is 24.8 Å². The molecule has 3 atom stereocenters. The number of methoxy groups -OCH3 is 1. The number of hydrogen-bond acceptors (Lipinski definition) is 4. The highest BCUT2D eigenvalue weighted by molar-refractivity contribution is 6.29. The molecule has 1 spiro atoms. The Labute approximate surface area is 253 Å². The maximum Gasteiger partial charge on any atom is 0.416 e. The van der Waals surface area contributed by atoms with Crippen molar-refractivity contribution >= 4 is 17.6 Å². The van der Waals surface area contributed by atoms with Gasteiger partial charge in [-0.25, -0.2) is 9.78 Å². The molecule has 8 heteroatoms. The highest BCUT2D eigenvalue weighted by Crippen LogP contribution is 2.82. The molecule has 2 heterocycles. The Balaban J connectivity index is 1.31. The topological polar surface area (TPSA) is 42.4 Å². The van der Waals surface area contributed by atoms with Gasteiger partial charge in [-0.2, -0.15) is 13.2 Å². The average molecular weight is 603 g/mol. The quantitative estimate of drug-likeness (QED) is 0.165. The number of hydrogen-bond donors (Lipinski definition) is 0. The van der Waals surface area contributed by atoms with Gasteiger partial charge >= 0.3 is 12.1 Å². The predicted molar refractivity (Wildman–Crippen MR) is 158 cm³/mol. The number of aromatic nitrogens is 1. The van der Waals surface area contributed by atoms with Crippen molar-refractivity contribution in [3.8, 4) is 0 Å². The van der Waals surface area contributed by atoms with Gasteiger partial charge in [-0.15, -0.1) is 0 Å². The van der Waals surface area contributed by atoms with Gasteiger partial charge in [0.1, 0.15) is 5.15 Å². The summed E-state index contributed by atoms with van der Waals surface area (Å²) in [6, 6.07) is 27.8. The van der Waals surface area contributed by atoms with E-state index in [0.717, 1.165) is 36.1 Å². The number of rotatable bonds is 6. The predicted octanol–water partition coefficient (Wildman–Crippen LogP) is 8.23. The normalized spacial score (nSPS) is 27.9. The molecule has 4 fully saturated rings. The van der Waals surface area contributed by atoms with Gasteiger partial charge in [-0.3, -0.25) is 4.90 Å². The van der Waals surface area contributed by atoms with E-state index in [4.69, 9.17) is 16.3 Å². The maximum atomic E-state index is 13.3.